The van der Waals surface area contributed by atoms with E-state index in [0.717, 1.165) is 16.6 Å². The maximum Gasteiger partial charge on any atom is 0.303 e. The Bertz CT molecular complexity index is 616. The molecule has 6 heteroatoms. The van der Waals surface area contributed by atoms with Gasteiger partial charge in [0.05, 0.1) is 6.42 Å². The highest BCUT2D eigenvalue weighted by Crippen LogP contribution is 2.18. The first kappa shape index (κ1) is 12.0. The molecule has 94 valence electrons. The van der Waals surface area contributed by atoms with Crippen molar-refractivity contribution in [3.8, 4) is 0 Å². The van der Waals surface area contributed by atoms with E-state index in [-0.39, 0.29) is 12.3 Å². The third-order valence-electron chi connectivity index (χ3n) is 2.69. The molecule has 0 saturated heterocycles. The van der Waals surface area contributed by atoms with E-state index in [4.69, 9.17) is 16.0 Å². The molecule has 0 atom stereocenters. The summed E-state index contributed by atoms with van der Waals surface area (Å²) < 4.78 is 0. The van der Waals surface area contributed by atoms with Crippen LogP contribution < -0.4 is 5.73 Å². The van der Waals surface area contributed by atoms with Gasteiger partial charge in [-0.1, -0.05) is 5.16 Å². The first-order valence-electron chi connectivity index (χ1n) is 5.41. The molecule has 0 aliphatic heterocycles. The zero-order valence-electron chi connectivity index (χ0n) is 9.55. The van der Waals surface area contributed by atoms with E-state index in [1.807, 2.05) is 12.1 Å². The maximum absolute atomic E-state index is 10.5. The summed E-state index contributed by atoms with van der Waals surface area (Å²) in [6, 6.07) is 7.19. The zero-order valence-corrected chi connectivity index (χ0v) is 9.55. The molecule has 2 rings (SSSR count). The first-order chi connectivity index (χ1) is 8.60. The van der Waals surface area contributed by atoms with Gasteiger partial charge in [0.25, 0.3) is 0 Å². The van der Waals surface area contributed by atoms with Gasteiger partial charge in [-0.2, -0.15) is 0 Å². The number of amidine groups is 1. The summed E-state index contributed by atoms with van der Waals surface area (Å²) in [7, 11) is 0. The van der Waals surface area contributed by atoms with Crippen molar-refractivity contribution in [2.45, 2.75) is 12.8 Å². The summed E-state index contributed by atoms with van der Waals surface area (Å²) in [5.74, 6) is -0.781. The van der Waals surface area contributed by atoms with Crippen molar-refractivity contribution >= 4 is 22.7 Å². The Balaban J connectivity index is 2.31. The summed E-state index contributed by atoms with van der Waals surface area (Å²) in [4.78, 5) is 13.6. The largest absolute Gasteiger partial charge is 0.481 e. The molecular weight excluding hydrogens is 234 g/mol. The molecule has 0 amide bonds. The van der Waals surface area contributed by atoms with Gasteiger partial charge in [-0.25, -0.2) is 0 Å². The van der Waals surface area contributed by atoms with Gasteiger partial charge in [-0.05, 0) is 30.7 Å². The number of oxime groups is 1. The number of benzene rings is 1. The molecule has 1 aromatic carbocycles. The number of fused-ring (bicyclic) bond motifs is 1. The minimum Gasteiger partial charge on any atom is -0.481 e. The lowest BCUT2D eigenvalue weighted by Gasteiger charge is -1.97. The number of aromatic nitrogens is 1. The Morgan fingerprint density at radius 2 is 2.17 bits per heavy atom. The summed E-state index contributed by atoms with van der Waals surface area (Å²) in [6.07, 6.45) is 0.531. The summed E-state index contributed by atoms with van der Waals surface area (Å²) >= 11 is 0. The van der Waals surface area contributed by atoms with Gasteiger partial charge in [-0.15, -0.1) is 0 Å². The third kappa shape index (κ3) is 2.42. The summed E-state index contributed by atoms with van der Waals surface area (Å²) in [5, 5.41) is 21.1. The van der Waals surface area contributed by atoms with E-state index >= 15 is 0 Å². The summed E-state index contributed by atoms with van der Waals surface area (Å²) in [6.45, 7) is 0. The molecule has 2 aromatic rings. The number of aryl methyl sites for hydroxylation is 1. The maximum atomic E-state index is 10.5. The topological polar surface area (TPSA) is 112 Å². The van der Waals surface area contributed by atoms with Crippen molar-refractivity contribution in [1.82, 2.24) is 4.98 Å². The van der Waals surface area contributed by atoms with Gasteiger partial charge in [0, 0.05) is 22.2 Å². The van der Waals surface area contributed by atoms with Crippen LogP contribution in [0.4, 0.5) is 0 Å². The Kier molecular flexibility index (Phi) is 3.18. The minimum absolute atomic E-state index is 0.0465. The first-order valence-corrected chi connectivity index (χ1v) is 5.41. The number of hydrogen-bond donors (Lipinski definition) is 4. The minimum atomic E-state index is -0.828. The van der Waals surface area contributed by atoms with Gasteiger partial charge in [-0.3, -0.25) is 4.79 Å². The molecule has 1 aromatic heterocycles. The molecular formula is C12H13N3O3. The lowest BCUT2D eigenvalue weighted by Crippen LogP contribution is -2.12. The average Bonchev–Trinajstić information content (AvgIpc) is 2.77. The van der Waals surface area contributed by atoms with Crippen LogP contribution in [0.3, 0.4) is 0 Å². The lowest BCUT2D eigenvalue weighted by molar-refractivity contribution is -0.136. The van der Waals surface area contributed by atoms with Crippen LogP contribution in [0.5, 0.6) is 0 Å². The van der Waals surface area contributed by atoms with Crippen molar-refractivity contribution < 1.29 is 15.1 Å². The fourth-order valence-corrected chi connectivity index (χ4v) is 1.79. The SMILES string of the molecule is NC(=NO)c1ccc2[nH]c(CCC(=O)O)cc2c1. The quantitative estimate of drug-likeness (QED) is 0.282. The number of aromatic amines is 1. The number of carboxylic acids is 1. The van der Waals surface area contributed by atoms with E-state index in [1.165, 1.54) is 0 Å². The number of aliphatic carboxylic acids is 1. The van der Waals surface area contributed by atoms with E-state index < -0.39 is 5.97 Å². The molecule has 0 radical (unpaired) electrons. The third-order valence-corrected chi connectivity index (χ3v) is 2.69. The van der Waals surface area contributed by atoms with Gasteiger partial charge < -0.3 is 21.0 Å². The van der Waals surface area contributed by atoms with E-state index in [0.29, 0.717) is 12.0 Å². The highest BCUT2D eigenvalue weighted by Gasteiger charge is 2.06. The number of hydrogen-bond acceptors (Lipinski definition) is 3. The van der Waals surface area contributed by atoms with E-state index in [2.05, 4.69) is 10.1 Å². The van der Waals surface area contributed by atoms with Crippen molar-refractivity contribution in [2.24, 2.45) is 10.9 Å². The molecule has 5 N–H and O–H groups in total. The van der Waals surface area contributed by atoms with Crippen molar-refractivity contribution in [1.29, 1.82) is 0 Å². The van der Waals surface area contributed by atoms with Crippen LogP contribution in [0, 0.1) is 0 Å². The van der Waals surface area contributed by atoms with Crippen LogP contribution in [0.1, 0.15) is 17.7 Å². The van der Waals surface area contributed by atoms with E-state index in [9.17, 15) is 4.79 Å². The number of nitrogens with zero attached hydrogens (tertiary/aromatic N) is 1. The second-order valence-corrected chi connectivity index (χ2v) is 3.98. The van der Waals surface area contributed by atoms with Crippen molar-refractivity contribution in [3.05, 3.63) is 35.5 Å². The highest BCUT2D eigenvalue weighted by atomic mass is 16.4. The fraction of sp³-hybridized carbons (Fsp3) is 0.167. The van der Waals surface area contributed by atoms with Crippen LogP contribution in [0.15, 0.2) is 29.4 Å². The second-order valence-electron chi connectivity index (χ2n) is 3.98. The predicted octanol–water partition coefficient (Wildman–Crippen LogP) is 1.28. The number of carbonyl (C=O) groups is 1. The predicted molar refractivity (Wildman–Crippen MR) is 66.8 cm³/mol. The number of rotatable bonds is 4. The molecule has 1 heterocycles. The molecule has 0 bridgehead atoms. The molecule has 0 unspecified atom stereocenters. The molecule has 0 spiro atoms. The zero-order chi connectivity index (χ0) is 13.1. The second kappa shape index (κ2) is 4.79. The van der Waals surface area contributed by atoms with Crippen molar-refractivity contribution in [2.75, 3.05) is 0 Å². The van der Waals surface area contributed by atoms with E-state index in [1.54, 1.807) is 12.1 Å². The van der Waals surface area contributed by atoms with Crippen LogP contribution in [-0.4, -0.2) is 27.1 Å². The van der Waals surface area contributed by atoms with Gasteiger partial charge in [0.15, 0.2) is 5.84 Å². The number of carboxylic acid groups (broad SMARTS) is 1. The lowest BCUT2D eigenvalue weighted by atomic mass is 10.1. The van der Waals surface area contributed by atoms with Crippen LogP contribution >= 0.6 is 0 Å². The standard InChI is InChI=1S/C12H13N3O3/c13-12(15-18)7-1-3-10-8(5-7)6-9(14-10)2-4-11(16)17/h1,3,5-6,14,18H,2,4H2,(H2,13,15)(H,16,17). The smallest absolute Gasteiger partial charge is 0.303 e. The monoisotopic (exact) mass is 247 g/mol. The number of H-pyrrole nitrogens is 1. The molecule has 0 fully saturated rings. The molecule has 0 aliphatic carbocycles. The average molecular weight is 247 g/mol. The molecule has 6 nitrogen and oxygen atoms in total. The Morgan fingerprint density at radius 1 is 1.39 bits per heavy atom. The Labute approximate surface area is 103 Å². The number of nitrogens with two attached hydrogens (primary N) is 1. The normalized spacial score (nSPS) is 11.9. The fourth-order valence-electron chi connectivity index (χ4n) is 1.79. The molecule has 0 saturated carbocycles. The Morgan fingerprint density at radius 3 is 2.83 bits per heavy atom. The van der Waals surface area contributed by atoms with Crippen LogP contribution in [0.25, 0.3) is 10.9 Å². The molecule has 0 aliphatic rings. The van der Waals surface area contributed by atoms with Gasteiger partial charge >= 0.3 is 5.97 Å². The summed E-state index contributed by atoms with van der Waals surface area (Å²) in [5.41, 5.74) is 7.87. The van der Waals surface area contributed by atoms with Crippen LogP contribution in [-0.2, 0) is 11.2 Å². The Hall–Kier alpha value is -2.50. The number of nitrogens with one attached hydrogen (secondary N) is 1. The van der Waals surface area contributed by atoms with Crippen LogP contribution in [0.2, 0.25) is 0 Å². The molecule has 18 heavy (non-hydrogen) atoms. The van der Waals surface area contributed by atoms with Crippen molar-refractivity contribution in [3.63, 3.8) is 0 Å². The highest BCUT2D eigenvalue weighted by molar-refractivity contribution is 6.00. The van der Waals surface area contributed by atoms with Gasteiger partial charge in [0.2, 0.25) is 0 Å². The van der Waals surface area contributed by atoms with Gasteiger partial charge in [0.1, 0.15) is 0 Å².